The van der Waals surface area contributed by atoms with Crippen molar-refractivity contribution in [2.24, 2.45) is 0 Å². The fourth-order valence-electron chi connectivity index (χ4n) is 4.98. The Morgan fingerprint density at radius 2 is 1.95 bits per heavy atom. The summed E-state index contributed by atoms with van der Waals surface area (Å²) in [5, 5.41) is 40.6. The van der Waals surface area contributed by atoms with Gasteiger partial charge in [-0.2, -0.15) is 10.5 Å². The van der Waals surface area contributed by atoms with Crippen LogP contribution in [-0.2, 0) is 16.0 Å². The maximum Gasteiger partial charge on any atom is 0.475 e. The molecular formula is C27H34BF2N5O5. The molecule has 2 aliphatic heterocycles. The van der Waals surface area contributed by atoms with Crippen LogP contribution in [0.25, 0.3) is 0 Å². The maximum atomic E-state index is 13.8. The number of alkyl carbamates (subject to hydrolysis) is 1. The number of alkyl halides is 2. The highest BCUT2D eigenvalue weighted by atomic mass is 19.3. The van der Waals surface area contributed by atoms with Gasteiger partial charge < -0.3 is 25.0 Å². The second-order valence-corrected chi connectivity index (χ2v) is 10.8. The number of hydrogen-bond donors (Lipinski definition) is 3. The van der Waals surface area contributed by atoms with Gasteiger partial charge in [-0.1, -0.05) is 12.1 Å². The molecule has 0 unspecified atom stereocenters. The molecule has 13 heteroatoms. The molecule has 3 rings (SSSR count). The SMILES string of the molecule is CC(C)(/C=C(\C#N)C(=O)N1CCCC[C@@H]1COC(=O)N[C@@H](Cc1ccc(C#N)cc1)B(O)O)N1CCC(F)(F)C1. The van der Waals surface area contributed by atoms with E-state index in [1.807, 2.05) is 12.1 Å². The van der Waals surface area contributed by atoms with Crippen molar-refractivity contribution in [3.05, 3.63) is 47.0 Å². The van der Waals surface area contributed by atoms with E-state index in [0.29, 0.717) is 30.5 Å². The molecule has 0 spiro atoms. The van der Waals surface area contributed by atoms with Gasteiger partial charge in [0.25, 0.3) is 11.8 Å². The summed E-state index contributed by atoms with van der Waals surface area (Å²) in [5.74, 6) is -4.46. The summed E-state index contributed by atoms with van der Waals surface area (Å²) in [6.07, 6.45) is 2.30. The Morgan fingerprint density at radius 1 is 1.25 bits per heavy atom. The van der Waals surface area contributed by atoms with E-state index in [0.717, 1.165) is 6.42 Å². The predicted molar refractivity (Wildman–Crippen MR) is 142 cm³/mol. The summed E-state index contributed by atoms with van der Waals surface area (Å²) in [4.78, 5) is 28.9. The zero-order chi connectivity index (χ0) is 29.5. The van der Waals surface area contributed by atoms with Crippen LogP contribution >= 0.6 is 0 Å². The minimum Gasteiger partial charge on any atom is -0.447 e. The van der Waals surface area contributed by atoms with Crippen LogP contribution in [-0.4, -0.2) is 88.7 Å². The third-order valence-corrected chi connectivity index (χ3v) is 7.33. The van der Waals surface area contributed by atoms with Gasteiger partial charge in [0.1, 0.15) is 18.2 Å². The Bertz CT molecular complexity index is 1180. The van der Waals surface area contributed by atoms with Crippen molar-refractivity contribution in [1.82, 2.24) is 15.1 Å². The summed E-state index contributed by atoms with van der Waals surface area (Å²) in [5.41, 5.74) is -0.00291. The van der Waals surface area contributed by atoms with Crippen LogP contribution in [0.1, 0.15) is 50.7 Å². The topological polar surface area (TPSA) is 150 Å². The van der Waals surface area contributed by atoms with Gasteiger partial charge in [0, 0.05) is 25.0 Å². The summed E-state index contributed by atoms with van der Waals surface area (Å²) < 4.78 is 32.9. The zero-order valence-corrected chi connectivity index (χ0v) is 22.6. The number of nitriles is 2. The lowest BCUT2D eigenvalue weighted by molar-refractivity contribution is -0.131. The molecule has 40 heavy (non-hydrogen) atoms. The molecule has 1 aromatic rings. The van der Waals surface area contributed by atoms with Crippen LogP contribution in [0.5, 0.6) is 0 Å². The summed E-state index contributed by atoms with van der Waals surface area (Å²) >= 11 is 0. The number of piperidine rings is 1. The number of ether oxygens (including phenoxy) is 1. The molecule has 0 saturated carbocycles. The minimum atomic E-state index is -2.81. The Hall–Kier alpha value is -3.52. The van der Waals surface area contributed by atoms with Gasteiger partial charge >= 0.3 is 13.2 Å². The molecule has 2 heterocycles. The summed E-state index contributed by atoms with van der Waals surface area (Å²) in [6.45, 7) is 3.23. The molecule has 0 aliphatic carbocycles. The highest BCUT2D eigenvalue weighted by Gasteiger charge is 2.43. The number of carbonyl (C=O) groups is 2. The number of nitrogens with zero attached hydrogens (tertiary/aromatic N) is 4. The van der Waals surface area contributed by atoms with Gasteiger partial charge in [0.2, 0.25) is 0 Å². The fourth-order valence-corrected chi connectivity index (χ4v) is 4.98. The molecule has 10 nitrogen and oxygen atoms in total. The molecule has 2 saturated heterocycles. The lowest BCUT2D eigenvalue weighted by Crippen LogP contribution is -2.50. The third kappa shape index (κ3) is 8.24. The first-order valence-corrected chi connectivity index (χ1v) is 13.2. The molecule has 2 aliphatic rings. The average molecular weight is 557 g/mol. The van der Waals surface area contributed by atoms with E-state index < -0.39 is 49.1 Å². The van der Waals surface area contributed by atoms with Gasteiger partial charge in [-0.25, -0.2) is 13.6 Å². The molecule has 0 aromatic heterocycles. The average Bonchev–Trinajstić information content (AvgIpc) is 3.30. The van der Waals surface area contributed by atoms with E-state index >= 15 is 0 Å². The smallest absolute Gasteiger partial charge is 0.447 e. The highest BCUT2D eigenvalue weighted by Crippen LogP contribution is 2.33. The Kier molecular flexibility index (Phi) is 10.3. The van der Waals surface area contributed by atoms with Crippen molar-refractivity contribution in [3.8, 4) is 12.1 Å². The normalized spacial score (nSPS) is 20.2. The van der Waals surface area contributed by atoms with E-state index in [2.05, 4.69) is 5.32 Å². The van der Waals surface area contributed by atoms with Gasteiger partial charge in [0.05, 0.1) is 30.2 Å². The van der Waals surface area contributed by atoms with Crippen molar-refractivity contribution in [1.29, 1.82) is 10.5 Å². The first-order valence-electron chi connectivity index (χ1n) is 13.2. The van der Waals surface area contributed by atoms with Gasteiger partial charge in [-0.05, 0) is 63.3 Å². The van der Waals surface area contributed by atoms with Crippen molar-refractivity contribution in [2.75, 3.05) is 26.2 Å². The van der Waals surface area contributed by atoms with Gasteiger partial charge in [-0.3, -0.25) is 9.69 Å². The second kappa shape index (κ2) is 13.2. The zero-order valence-electron chi connectivity index (χ0n) is 22.6. The lowest BCUT2D eigenvalue weighted by Gasteiger charge is -2.36. The largest absolute Gasteiger partial charge is 0.475 e. The second-order valence-electron chi connectivity index (χ2n) is 10.8. The van der Waals surface area contributed by atoms with E-state index in [1.165, 1.54) is 11.0 Å². The van der Waals surface area contributed by atoms with Crippen LogP contribution in [0.2, 0.25) is 0 Å². The monoisotopic (exact) mass is 557 g/mol. The molecule has 0 bridgehead atoms. The fraction of sp³-hybridized carbons (Fsp3) is 0.556. The molecular weight excluding hydrogens is 523 g/mol. The van der Waals surface area contributed by atoms with Gasteiger partial charge in [0.15, 0.2) is 0 Å². The van der Waals surface area contributed by atoms with E-state index in [-0.39, 0.29) is 31.6 Å². The third-order valence-electron chi connectivity index (χ3n) is 7.33. The minimum absolute atomic E-state index is 0.0710. The molecule has 2 atom stereocenters. The molecule has 214 valence electrons. The quantitative estimate of drug-likeness (QED) is 0.238. The maximum absolute atomic E-state index is 13.8. The lowest BCUT2D eigenvalue weighted by atomic mass is 9.76. The molecule has 1 aromatic carbocycles. The number of hydrogen-bond acceptors (Lipinski definition) is 8. The summed E-state index contributed by atoms with van der Waals surface area (Å²) in [6, 6.07) is 9.83. The van der Waals surface area contributed by atoms with E-state index in [1.54, 1.807) is 43.0 Å². The predicted octanol–water partition coefficient (Wildman–Crippen LogP) is 2.16. The molecule has 0 radical (unpaired) electrons. The van der Waals surface area contributed by atoms with Crippen LogP contribution in [0.3, 0.4) is 0 Å². The van der Waals surface area contributed by atoms with Crippen LogP contribution in [0, 0.1) is 22.7 Å². The number of rotatable bonds is 9. The Labute approximate surface area is 232 Å². The molecule has 2 fully saturated rings. The van der Waals surface area contributed by atoms with E-state index in [9.17, 15) is 33.7 Å². The first kappa shape index (κ1) is 31.0. The Morgan fingerprint density at radius 3 is 2.52 bits per heavy atom. The standard InChI is InChI=1S/C27H34BF2N5O5/c1-26(2,34-12-10-27(29,30)18-34)14-21(16-32)24(36)35-11-4-3-5-22(35)17-40-25(37)33-23(28(38)39)13-19-6-8-20(15-31)9-7-19/h6-9,14,22-23,38-39H,3-5,10-13,17-18H2,1-2H3,(H,33,37)/b21-14+/t22-,23+/m1/s1. The number of amides is 2. The van der Waals surface area contributed by atoms with Crippen molar-refractivity contribution in [3.63, 3.8) is 0 Å². The van der Waals surface area contributed by atoms with Gasteiger partial charge in [-0.15, -0.1) is 0 Å². The summed E-state index contributed by atoms with van der Waals surface area (Å²) in [7, 11) is -1.88. The molecule has 2 amide bonds. The van der Waals surface area contributed by atoms with Crippen molar-refractivity contribution in [2.45, 2.75) is 69.4 Å². The first-order chi connectivity index (χ1) is 18.8. The van der Waals surface area contributed by atoms with Crippen molar-refractivity contribution < 1.29 is 33.2 Å². The Balaban J connectivity index is 1.62. The van der Waals surface area contributed by atoms with Crippen LogP contribution in [0.15, 0.2) is 35.9 Å². The van der Waals surface area contributed by atoms with Crippen LogP contribution in [0.4, 0.5) is 13.6 Å². The number of likely N-dealkylation sites (tertiary alicyclic amines) is 2. The molecule has 3 N–H and O–H groups in total. The number of benzene rings is 1. The van der Waals surface area contributed by atoms with Crippen LogP contribution < -0.4 is 5.32 Å². The number of halogens is 2. The van der Waals surface area contributed by atoms with Crippen molar-refractivity contribution >= 4 is 19.1 Å². The van der Waals surface area contributed by atoms with E-state index in [4.69, 9.17) is 10.00 Å². The highest BCUT2D eigenvalue weighted by molar-refractivity contribution is 6.43. The number of nitrogens with one attached hydrogen (secondary N) is 1. The number of carbonyl (C=O) groups excluding carboxylic acids is 2.